The van der Waals surface area contributed by atoms with Gasteiger partial charge in [0.1, 0.15) is 5.84 Å². The molecule has 0 radical (unpaired) electrons. The van der Waals surface area contributed by atoms with Crippen LogP contribution in [-0.4, -0.2) is 43.1 Å². The van der Waals surface area contributed by atoms with E-state index in [0.717, 1.165) is 30.9 Å². The minimum Gasteiger partial charge on any atom is -0.504 e. The number of rotatable bonds is 3. The lowest BCUT2D eigenvalue weighted by molar-refractivity contribution is 0.373. The maximum absolute atomic E-state index is 9.68. The maximum Gasteiger partial charge on any atom is 0.160 e. The van der Waals surface area contributed by atoms with Crippen LogP contribution in [0.2, 0.25) is 0 Å². The summed E-state index contributed by atoms with van der Waals surface area (Å²) in [6, 6.07) is 5.33. The first kappa shape index (κ1) is 12.5. The highest BCUT2D eigenvalue weighted by Gasteiger charge is 2.07. The molecule has 0 aliphatic carbocycles. The van der Waals surface area contributed by atoms with Crippen molar-refractivity contribution in [2.45, 2.75) is 6.42 Å². The fourth-order valence-electron chi connectivity index (χ4n) is 1.90. The molecule has 1 aliphatic rings. The molecular formula is C14H18N2O2. The Kier molecular flexibility index (Phi) is 3.87. The van der Waals surface area contributed by atoms with E-state index in [1.165, 1.54) is 7.11 Å². The number of nitrogens with zero attached hydrogens (tertiary/aromatic N) is 2. The third-order valence-corrected chi connectivity index (χ3v) is 2.94. The van der Waals surface area contributed by atoms with E-state index in [1.54, 1.807) is 12.1 Å². The van der Waals surface area contributed by atoms with Crippen LogP contribution in [0, 0.1) is 0 Å². The van der Waals surface area contributed by atoms with Crippen LogP contribution in [0.25, 0.3) is 6.08 Å². The fourth-order valence-corrected chi connectivity index (χ4v) is 1.90. The van der Waals surface area contributed by atoms with Crippen molar-refractivity contribution < 1.29 is 9.84 Å². The summed E-state index contributed by atoms with van der Waals surface area (Å²) in [5.74, 6) is 1.62. The van der Waals surface area contributed by atoms with Crippen LogP contribution < -0.4 is 4.74 Å². The highest BCUT2D eigenvalue weighted by Crippen LogP contribution is 2.26. The quantitative estimate of drug-likeness (QED) is 0.888. The lowest BCUT2D eigenvalue weighted by Gasteiger charge is -2.22. The molecule has 1 heterocycles. The van der Waals surface area contributed by atoms with Crippen molar-refractivity contribution in [3.8, 4) is 11.5 Å². The molecule has 0 fully saturated rings. The highest BCUT2D eigenvalue weighted by molar-refractivity contribution is 5.96. The molecular weight excluding hydrogens is 228 g/mol. The van der Waals surface area contributed by atoms with Crippen LogP contribution in [0.1, 0.15) is 12.0 Å². The average Bonchev–Trinajstić information content (AvgIpc) is 2.38. The number of aromatic hydroxyl groups is 1. The van der Waals surface area contributed by atoms with Gasteiger partial charge in [-0.05, 0) is 30.2 Å². The zero-order chi connectivity index (χ0) is 13.0. The van der Waals surface area contributed by atoms with E-state index in [0.29, 0.717) is 5.75 Å². The van der Waals surface area contributed by atoms with Crippen molar-refractivity contribution in [2.75, 3.05) is 27.2 Å². The number of amidine groups is 1. The Hall–Kier alpha value is -1.97. The molecule has 0 saturated carbocycles. The number of likely N-dealkylation sites (N-methyl/N-ethyl adjacent to an activating group) is 1. The number of ether oxygens (including phenoxy) is 1. The molecule has 0 bridgehead atoms. The molecule has 1 aromatic rings. The van der Waals surface area contributed by atoms with Crippen LogP contribution >= 0.6 is 0 Å². The maximum atomic E-state index is 9.68. The number of benzene rings is 1. The monoisotopic (exact) mass is 246 g/mol. The molecule has 0 atom stereocenters. The SMILES string of the molecule is COc1ccc(/C=C\C2=NCCCN2C)cc1O. The van der Waals surface area contributed by atoms with Crippen molar-refractivity contribution >= 4 is 11.9 Å². The highest BCUT2D eigenvalue weighted by atomic mass is 16.5. The molecule has 4 heteroatoms. The minimum atomic E-state index is 0.151. The van der Waals surface area contributed by atoms with E-state index in [1.807, 2.05) is 25.3 Å². The third-order valence-electron chi connectivity index (χ3n) is 2.94. The summed E-state index contributed by atoms with van der Waals surface area (Å²) in [6.07, 6.45) is 5.03. The van der Waals surface area contributed by atoms with Gasteiger partial charge in [-0.25, -0.2) is 0 Å². The van der Waals surface area contributed by atoms with Gasteiger partial charge in [0.05, 0.1) is 7.11 Å². The molecule has 2 rings (SSSR count). The summed E-state index contributed by atoms with van der Waals surface area (Å²) < 4.78 is 5.01. The van der Waals surface area contributed by atoms with Crippen molar-refractivity contribution in [3.05, 3.63) is 29.8 Å². The standard InChI is InChI=1S/C14H18N2O2/c1-16-9-3-8-15-14(16)7-5-11-4-6-13(18-2)12(17)10-11/h4-7,10,17H,3,8-9H2,1-2H3/b7-5-. The van der Waals surface area contributed by atoms with Crippen LogP contribution in [0.15, 0.2) is 29.3 Å². The Labute approximate surface area is 107 Å². The first-order chi connectivity index (χ1) is 8.70. The Morgan fingerprint density at radius 1 is 1.39 bits per heavy atom. The number of hydrogen-bond acceptors (Lipinski definition) is 4. The smallest absolute Gasteiger partial charge is 0.160 e. The molecule has 4 nitrogen and oxygen atoms in total. The largest absolute Gasteiger partial charge is 0.504 e. The van der Waals surface area contributed by atoms with Crippen LogP contribution in [0.5, 0.6) is 11.5 Å². The van der Waals surface area contributed by atoms with E-state index in [9.17, 15) is 5.11 Å². The van der Waals surface area contributed by atoms with Crippen molar-refractivity contribution in [2.24, 2.45) is 4.99 Å². The molecule has 1 N–H and O–H groups in total. The van der Waals surface area contributed by atoms with E-state index < -0.39 is 0 Å². The second kappa shape index (κ2) is 5.58. The Morgan fingerprint density at radius 3 is 2.89 bits per heavy atom. The molecule has 0 amide bonds. The zero-order valence-electron chi connectivity index (χ0n) is 10.8. The fraction of sp³-hybridized carbons (Fsp3) is 0.357. The normalized spacial score (nSPS) is 15.9. The topological polar surface area (TPSA) is 45.1 Å². The Morgan fingerprint density at radius 2 is 2.22 bits per heavy atom. The van der Waals surface area contributed by atoms with Crippen molar-refractivity contribution in [1.82, 2.24) is 4.90 Å². The molecule has 96 valence electrons. The van der Waals surface area contributed by atoms with Gasteiger partial charge in [-0.2, -0.15) is 0 Å². The third kappa shape index (κ3) is 2.83. The molecule has 0 aromatic heterocycles. The van der Waals surface area contributed by atoms with Gasteiger partial charge in [0.25, 0.3) is 0 Å². The summed E-state index contributed by atoms with van der Waals surface area (Å²) >= 11 is 0. The van der Waals surface area contributed by atoms with Crippen LogP contribution in [0.4, 0.5) is 0 Å². The summed E-state index contributed by atoms with van der Waals surface area (Å²) in [5.41, 5.74) is 0.926. The number of aliphatic imine (C=N–C) groups is 1. The van der Waals surface area contributed by atoms with Gasteiger partial charge >= 0.3 is 0 Å². The minimum absolute atomic E-state index is 0.151. The van der Waals surface area contributed by atoms with Gasteiger partial charge in [0.2, 0.25) is 0 Å². The second-order valence-corrected chi connectivity index (χ2v) is 4.28. The molecule has 18 heavy (non-hydrogen) atoms. The zero-order valence-corrected chi connectivity index (χ0v) is 10.8. The average molecular weight is 246 g/mol. The molecule has 0 spiro atoms. The van der Waals surface area contributed by atoms with Crippen LogP contribution in [-0.2, 0) is 0 Å². The van der Waals surface area contributed by atoms with Gasteiger partial charge in [0, 0.05) is 20.1 Å². The van der Waals surface area contributed by atoms with Gasteiger partial charge in [-0.1, -0.05) is 12.1 Å². The summed E-state index contributed by atoms with van der Waals surface area (Å²) in [6.45, 7) is 1.93. The van der Waals surface area contributed by atoms with Crippen molar-refractivity contribution in [3.63, 3.8) is 0 Å². The molecule has 1 aliphatic heterocycles. The van der Waals surface area contributed by atoms with Gasteiger partial charge in [-0.3, -0.25) is 4.99 Å². The molecule has 0 unspecified atom stereocenters. The molecule has 0 saturated heterocycles. The van der Waals surface area contributed by atoms with Gasteiger partial charge < -0.3 is 14.7 Å². The predicted octanol–water partition coefficient (Wildman–Crippen LogP) is 2.15. The Balaban J connectivity index is 2.13. The summed E-state index contributed by atoms with van der Waals surface area (Å²) in [4.78, 5) is 6.58. The summed E-state index contributed by atoms with van der Waals surface area (Å²) in [5, 5.41) is 9.68. The predicted molar refractivity (Wildman–Crippen MR) is 73.2 cm³/mol. The van der Waals surface area contributed by atoms with E-state index in [4.69, 9.17) is 4.74 Å². The second-order valence-electron chi connectivity index (χ2n) is 4.28. The van der Waals surface area contributed by atoms with Crippen molar-refractivity contribution in [1.29, 1.82) is 0 Å². The van der Waals surface area contributed by atoms with Gasteiger partial charge in [0.15, 0.2) is 11.5 Å². The lowest BCUT2D eigenvalue weighted by Crippen LogP contribution is -2.30. The summed E-state index contributed by atoms with van der Waals surface area (Å²) in [7, 11) is 3.57. The van der Waals surface area contributed by atoms with E-state index >= 15 is 0 Å². The van der Waals surface area contributed by atoms with Crippen LogP contribution in [0.3, 0.4) is 0 Å². The first-order valence-electron chi connectivity index (χ1n) is 6.01. The number of hydrogen-bond donors (Lipinski definition) is 1. The number of phenols is 1. The van der Waals surface area contributed by atoms with E-state index in [2.05, 4.69) is 9.89 Å². The Bertz CT molecular complexity index is 481. The number of phenolic OH excluding ortho intramolecular Hbond substituents is 1. The molecule has 1 aromatic carbocycles. The number of methoxy groups -OCH3 is 1. The van der Waals surface area contributed by atoms with Gasteiger partial charge in [-0.15, -0.1) is 0 Å². The lowest BCUT2D eigenvalue weighted by atomic mass is 10.2. The first-order valence-corrected chi connectivity index (χ1v) is 6.01. The van der Waals surface area contributed by atoms with E-state index in [-0.39, 0.29) is 5.75 Å².